The normalized spacial score (nSPS) is 14.0. The molecule has 0 aliphatic carbocycles. The minimum absolute atomic E-state index is 0.0157. The number of hydrogen-bond acceptors (Lipinski definition) is 6. The van der Waals surface area contributed by atoms with Gasteiger partial charge < -0.3 is 28.8 Å². The van der Waals surface area contributed by atoms with Gasteiger partial charge in [0.2, 0.25) is 5.91 Å². The molecule has 0 rings (SSSR count). The van der Waals surface area contributed by atoms with Gasteiger partial charge in [-0.1, -0.05) is 264 Å². The van der Waals surface area contributed by atoms with Gasteiger partial charge in [-0.25, -0.2) is 0 Å². The lowest BCUT2D eigenvalue weighted by atomic mass is 10.0. The quantitative estimate of drug-likeness (QED) is 0.0358. The third-order valence-corrected chi connectivity index (χ3v) is 13.8. The lowest BCUT2D eigenvalue weighted by molar-refractivity contribution is -0.870. The van der Waals surface area contributed by atoms with E-state index in [0.717, 1.165) is 38.5 Å². The molecule has 0 aromatic heterocycles. The van der Waals surface area contributed by atoms with Gasteiger partial charge in [0.25, 0.3) is 7.82 Å². The fourth-order valence-electron chi connectivity index (χ4n) is 8.51. The number of amides is 1. The van der Waals surface area contributed by atoms with Gasteiger partial charge in [0.15, 0.2) is 0 Å². The smallest absolute Gasteiger partial charge is 0.268 e. The molecule has 9 heteroatoms. The number of phosphoric acid groups is 1. The maximum atomic E-state index is 12.8. The third-order valence-electron chi connectivity index (χ3n) is 12.8. The first-order valence-corrected chi connectivity index (χ1v) is 28.8. The SMILES string of the molecule is CCCCCCCCCCCCCCCCCCCCCCCCCCCCCCCCCCCC(O)C(COP(=O)([O-])OCC[N+](C)(C)C)NC(=O)CCCCCCCCC. The van der Waals surface area contributed by atoms with Gasteiger partial charge in [-0.3, -0.25) is 9.36 Å². The van der Waals surface area contributed by atoms with Crippen LogP contribution in [0.5, 0.6) is 0 Å². The summed E-state index contributed by atoms with van der Waals surface area (Å²) in [5.41, 5.74) is 0. The summed E-state index contributed by atoms with van der Waals surface area (Å²) in [6.45, 7) is 4.70. The van der Waals surface area contributed by atoms with Crippen molar-refractivity contribution in [2.45, 2.75) is 296 Å². The summed E-state index contributed by atoms with van der Waals surface area (Å²) >= 11 is 0. The summed E-state index contributed by atoms with van der Waals surface area (Å²) in [4.78, 5) is 25.2. The zero-order valence-electron chi connectivity index (χ0n) is 42.4. The van der Waals surface area contributed by atoms with Crippen molar-refractivity contribution in [1.29, 1.82) is 0 Å². The van der Waals surface area contributed by atoms with Gasteiger partial charge in [0.05, 0.1) is 39.9 Å². The summed E-state index contributed by atoms with van der Waals surface area (Å²) in [5.74, 6) is -0.168. The number of quaternary nitrogens is 1. The van der Waals surface area contributed by atoms with E-state index in [1.54, 1.807) is 0 Å². The zero-order chi connectivity index (χ0) is 45.7. The highest BCUT2D eigenvalue weighted by Crippen LogP contribution is 2.38. The predicted octanol–water partition coefficient (Wildman–Crippen LogP) is 15.5. The predicted molar refractivity (Wildman–Crippen MR) is 266 cm³/mol. The summed E-state index contributed by atoms with van der Waals surface area (Å²) < 4.78 is 23.2. The first-order chi connectivity index (χ1) is 30.0. The molecule has 2 N–H and O–H groups in total. The molecule has 0 fully saturated rings. The zero-order valence-corrected chi connectivity index (χ0v) is 43.3. The highest BCUT2D eigenvalue weighted by molar-refractivity contribution is 7.45. The lowest BCUT2D eigenvalue weighted by Crippen LogP contribution is -2.46. The Morgan fingerprint density at radius 3 is 1.10 bits per heavy atom. The van der Waals surface area contributed by atoms with E-state index in [1.807, 2.05) is 21.1 Å². The fourth-order valence-corrected chi connectivity index (χ4v) is 9.24. The van der Waals surface area contributed by atoms with Crippen LogP contribution in [0.1, 0.15) is 284 Å². The lowest BCUT2D eigenvalue weighted by Gasteiger charge is -2.30. The van der Waals surface area contributed by atoms with Gasteiger partial charge in [-0.15, -0.1) is 0 Å². The summed E-state index contributed by atoms with van der Waals surface area (Å²) in [5, 5.41) is 13.9. The fraction of sp³-hybridized carbons (Fsp3) is 0.981. The minimum atomic E-state index is -4.55. The molecule has 0 aromatic carbocycles. The van der Waals surface area contributed by atoms with Crippen molar-refractivity contribution in [3.63, 3.8) is 0 Å². The number of nitrogens with one attached hydrogen (secondary N) is 1. The monoisotopic (exact) mass is 901 g/mol. The molecule has 0 aromatic rings. The van der Waals surface area contributed by atoms with E-state index < -0.39 is 20.0 Å². The van der Waals surface area contributed by atoms with Crippen LogP contribution in [0.25, 0.3) is 0 Å². The summed E-state index contributed by atoms with van der Waals surface area (Å²) in [6.07, 6.45) is 53.2. The second kappa shape index (κ2) is 45.6. The van der Waals surface area contributed by atoms with Crippen molar-refractivity contribution in [2.24, 2.45) is 0 Å². The van der Waals surface area contributed by atoms with Crippen LogP contribution in [0, 0.1) is 0 Å². The molecule has 0 saturated heterocycles. The van der Waals surface area contributed by atoms with E-state index in [0.29, 0.717) is 23.9 Å². The second-order valence-electron chi connectivity index (χ2n) is 20.3. The molecule has 1 amide bonds. The van der Waals surface area contributed by atoms with Gasteiger partial charge in [0.1, 0.15) is 13.2 Å². The Labute approximate surface area is 387 Å². The van der Waals surface area contributed by atoms with Crippen LogP contribution in [0.2, 0.25) is 0 Å². The number of likely N-dealkylation sites (N-methyl/N-ethyl adjacent to an activating group) is 1. The van der Waals surface area contributed by atoms with Gasteiger partial charge in [0, 0.05) is 6.42 Å². The summed E-state index contributed by atoms with van der Waals surface area (Å²) in [7, 11) is 1.32. The molecule has 0 spiro atoms. The second-order valence-corrected chi connectivity index (χ2v) is 21.7. The van der Waals surface area contributed by atoms with Gasteiger partial charge in [-0.2, -0.15) is 0 Å². The van der Waals surface area contributed by atoms with E-state index in [9.17, 15) is 19.4 Å². The Bertz CT molecular complexity index is 978. The maximum absolute atomic E-state index is 12.8. The Hall–Kier alpha value is -0.500. The van der Waals surface area contributed by atoms with Crippen LogP contribution in [-0.2, 0) is 18.4 Å². The molecular weight excluding hydrogens is 792 g/mol. The first-order valence-electron chi connectivity index (χ1n) is 27.4. The number of aliphatic hydroxyl groups excluding tert-OH is 1. The Kier molecular flexibility index (Phi) is 45.3. The highest BCUT2D eigenvalue weighted by Gasteiger charge is 2.24. The molecule has 0 aliphatic heterocycles. The molecular formula is C53H109N2O6P. The largest absolute Gasteiger partial charge is 0.756 e. The molecule has 0 heterocycles. The van der Waals surface area contributed by atoms with Crippen molar-refractivity contribution in [1.82, 2.24) is 5.32 Å². The minimum Gasteiger partial charge on any atom is -0.756 e. The number of aliphatic hydroxyl groups is 1. The van der Waals surface area contributed by atoms with Crippen molar-refractivity contribution in [2.75, 3.05) is 40.9 Å². The number of carbonyl (C=O) groups excluding carboxylic acids is 1. The Balaban J connectivity index is 3.82. The molecule has 8 nitrogen and oxygen atoms in total. The van der Waals surface area contributed by atoms with E-state index in [4.69, 9.17) is 9.05 Å². The van der Waals surface area contributed by atoms with Crippen molar-refractivity contribution >= 4 is 13.7 Å². The molecule has 62 heavy (non-hydrogen) atoms. The molecule has 0 bridgehead atoms. The van der Waals surface area contributed by atoms with Crippen molar-refractivity contribution < 1.29 is 32.9 Å². The molecule has 0 radical (unpaired) electrons. The van der Waals surface area contributed by atoms with Crippen LogP contribution in [0.4, 0.5) is 0 Å². The molecule has 3 unspecified atom stereocenters. The number of unbranched alkanes of at least 4 members (excludes halogenated alkanes) is 38. The van der Waals surface area contributed by atoms with Crippen molar-refractivity contribution in [3.05, 3.63) is 0 Å². The van der Waals surface area contributed by atoms with E-state index >= 15 is 0 Å². The first kappa shape index (κ1) is 61.5. The third kappa shape index (κ3) is 47.5. The topological polar surface area (TPSA) is 108 Å². The van der Waals surface area contributed by atoms with E-state index in [1.165, 1.54) is 218 Å². The number of phosphoric ester groups is 1. The molecule has 0 saturated carbocycles. The molecule has 3 atom stereocenters. The average Bonchev–Trinajstić information content (AvgIpc) is 3.23. The van der Waals surface area contributed by atoms with Crippen LogP contribution >= 0.6 is 7.82 Å². The van der Waals surface area contributed by atoms with Gasteiger partial charge in [-0.05, 0) is 12.8 Å². The average molecular weight is 901 g/mol. The number of hydrogen-bond donors (Lipinski definition) is 2. The number of carbonyl (C=O) groups is 1. The molecule has 372 valence electrons. The number of nitrogens with zero attached hydrogens (tertiary/aromatic N) is 1. The van der Waals surface area contributed by atoms with E-state index in [-0.39, 0.29) is 19.1 Å². The standard InChI is InChI=1S/C53H109N2O6P/c1-6-8-10-12-14-15-16-17-18-19-20-21-22-23-24-25-26-27-28-29-30-31-32-33-34-35-36-37-38-39-41-42-44-46-52(56)51(50-61-62(58,59)60-49-48-55(3,4)5)54-53(57)47-45-43-40-13-11-9-7-2/h51-52,56H,6-50H2,1-5H3,(H-,54,57,58,59). The van der Waals surface area contributed by atoms with Crippen LogP contribution in [0.15, 0.2) is 0 Å². The van der Waals surface area contributed by atoms with Crippen LogP contribution < -0.4 is 10.2 Å². The van der Waals surface area contributed by atoms with Crippen molar-refractivity contribution in [3.8, 4) is 0 Å². The van der Waals surface area contributed by atoms with Crippen LogP contribution in [0.3, 0.4) is 0 Å². The number of rotatable bonds is 51. The Morgan fingerprint density at radius 2 is 0.790 bits per heavy atom. The maximum Gasteiger partial charge on any atom is 0.268 e. The molecule has 0 aliphatic rings. The van der Waals surface area contributed by atoms with Crippen LogP contribution in [-0.4, -0.2) is 68.5 Å². The Morgan fingerprint density at radius 1 is 0.500 bits per heavy atom. The summed E-state index contributed by atoms with van der Waals surface area (Å²) in [6, 6.07) is -0.792. The van der Waals surface area contributed by atoms with Gasteiger partial charge >= 0.3 is 0 Å². The highest BCUT2D eigenvalue weighted by atomic mass is 31.2. The van der Waals surface area contributed by atoms with E-state index in [2.05, 4.69) is 19.2 Å².